The van der Waals surface area contributed by atoms with Gasteiger partial charge in [0.25, 0.3) is 0 Å². The van der Waals surface area contributed by atoms with E-state index in [1.165, 1.54) is 51.4 Å². The zero-order valence-electron chi connectivity index (χ0n) is 24.9. The highest BCUT2D eigenvalue weighted by molar-refractivity contribution is 5.39. The molecule has 4 aliphatic carbocycles. The van der Waals surface area contributed by atoms with Gasteiger partial charge in [0.05, 0.1) is 0 Å². The lowest BCUT2D eigenvalue weighted by Gasteiger charge is -2.55. The average Bonchev–Trinajstić information content (AvgIpc) is 3.09. The second-order valence-corrected chi connectivity index (χ2v) is 15.2. The van der Waals surface area contributed by atoms with Gasteiger partial charge in [-0.05, 0) is 101 Å². The van der Waals surface area contributed by atoms with Crippen molar-refractivity contribution in [1.82, 2.24) is 0 Å². The van der Waals surface area contributed by atoms with Crippen LogP contribution < -0.4 is 0 Å². The number of hydrogen-bond donors (Lipinski definition) is 0. The molecule has 2 fully saturated rings. The second kappa shape index (κ2) is 10.5. The predicted molar refractivity (Wildman–Crippen MR) is 159 cm³/mol. The van der Waals surface area contributed by atoms with Crippen molar-refractivity contribution in [3.63, 3.8) is 0 Å². The van der Waals surface area contributed by atoms with Gasteiger partial charge in [-0.2, -0.15) is 0 Å². The average molecular weight is 489 g/mol. The minimum Gasteiger partial charge on any atom is -0.103 e. The summed E-state index contributed by atoms with van der Waals surface area (Å²) in [5, 5.41) is 0. The lowest BCUT2D eigenvalue weighted by Crippen LogP contribution is -2.47. The molecule has 0 radical (unpaired) electrons. The zero-order chi connectivity index (χ0) is 26.3. The third-order valence-electron chi connectivity index (χ3n) is 10.8. The molecule has 0 nitrogen and oxygen atoms in total. The molecule has 0 heteroatoms. The van der Waals surface area contributed by atoms with Gasteiger partial charge in [-0.3, -0.25) is 0 Å². The fourth-order valence-corrected chi connectivity index (χ4v) is 8.23. The van der Waals surface area contributed by atoms with E-state index in [2.05, 4.69) is 105 Å². The number of rotatable bonds is 9. The summed E-state index contributed by atoms with van der Waals surface area (Å²) >= 11 is 0. The summed E-state index contributed by atoms with van der Waals surface area (Å²) in [5.41, 5.74) is 4.09. The van der Waals surface area contributed by atoms with E-state index in [0.717, 1.165) is 17.8 Å². The van der Waals surface area contributed by atoms with Crippen LogP contribution in [0.2, 0.25) is 0 Å². The summed E-state index contributed by atoms with van der Waals surface area (Å²) in [4.78, 5) is 0. The fraction of sp³-hybridized carbons (Fsp3) is 0.722. The van der Waals surface area contributed by atoms with E-state index in [0.29, 0.717) is 29.1 Å². The van der Waals surface area contributed by atoms with Crippen LogP contribution in [0, 0.1) is 57.7 Å². The van der Waals surface area contributed by atoms with Gasteiger partial charge in [0.2, 0.25) is 0 Å². The summed E-state index contributed by atoms with van der Waals surface area (Å²) in [6.07, 6.45) is 28.8. The molecule has 0 amide bonds. The molecular formula is C36H56. The molecule has 0 N–H and O–H groups in total. The van der Waals surface area contributed by atoms with Gasteiger partial charge in [0.15, 0.2) is 0 Å². The van der Waals surface area contributed by atoms with Crippen LogP contribution in [0.15, 0.2) is 60.3 Å². The molecule has 0 spiro atoms. The summed E-state index contributed by atoms with van der Waals surface area (Å²) < 4.78 is 0. The maximum atomic E-state index is 3.91. The van der Waals surface area contributed by atoms with Crippen molar-refractivity contribution in [3.8, 4) is 0 Å². The second-order valence-electron chi connectivity index (χ2n) is 15.2. The van der Waals surface area contributed by atoms with Crippen molar-refractivity contribution in [2.45, 2.75) is 107 Å². The fourth-order valence-electron chi connectivity index (χ4n) is 8.23. The van der Waals surface area contributed by atoms with E-state index in [1.54, 1.807) is 11.1 Å². The Morgan fingerprint density at radius 1 is 0.833 bits per heavy atom. The Morgan fingerprint density at radius 2 is 1.36 bits per heavy atom. The van der Waals surface area contributed by atoms with Crippen molar-refractivity contribution in [1.29, 1.82) is 0 Å². The predicted octanol–water partition coefficient (Wildman–Crippen LogP) is 10.7. The molecule has 6 atom stereocenters. The largest absolute Gasteiger partial charge is 0.103 e. The van der Waals surface area contributed by atoms with Crippen molar-refractivity contribution in [2.24, 2.45) is 57.7 Å². The van der Waals surface area contributed by atoms with Crippen LogP contribution in [0.4, 0.5) is 0 Å². The number of fused-ring (bicyclic) bond motifs is 3. The molecule has 0 aliphatic heterocycles. The first-order valence-electron chi connectivity index (χ1n) is 15.3. The summed E-state index contributed by atoms with van der Waals surface area (Å²) in [5.74, 6) is 5.14. The smallest absolute Gasteiger partial charge is 0.00952 e. The molecule has 0 aromatic carbocycles. The monoisotopic (exact) mass is 488 g/mol. The van der Waals surface area contributed by atoms with Gasteiger partial charge in [0, 0.05) is 0 Å². The maximum absolute atomic E-state index is 3.91. The molecule has 0 aromatic heterocycles. The van der Waals surface area contributed by atoms with Crippen LogP contribution in [0.5, 0.6) is 0 Å². The Bertz CT molecular complexity index is 851. The van der Waals surface area contributed by atoms with Crippen LogP contribution in [-0.4, -0.2) is 0 Å². The van der Waals surface area contributed by atoms with Gasteiger partial charge < -0.3 is 0 Å². The highest BCUT2D eigenvalue weighted by atomic mass is 14.6. The van der Waals surface area contributed by atoms with Crippen molar-refractivity contribution < 1.29 is 0 Å². The summed E-state index contributed by atoms with van der Waals surface area (Å²) in [6.45, 7) is 23.4. The molecule has 2 saturated carbocycles. The molecular weight excluding hydrogens is 432 g/mol. The molecule has 0 saturated heterocycles. The molecule has 0 heterocycles. The van der Waals surface area contributed by atoms with Gasteiger partial charge in [-0.15, -0.1) is 6.58 Å². The lowest BCUT2D eigenvalue weighted by molar-refractivity contribution is -0.0424. The normalized spacial score (nSPS) is 32.6. The van der Waals surface area contributed by atoms with Gasteiger partial charge >= 0.3 is 0 Å². The molecule has 6 unspecified atom stereocenters. The Morgan fingerprint density at radius 3 is 1.78 bits per heavy atom. The van der Waals surface area contributed by atoms with Crippen LogP contribution in [-0.2, 0) is 0 Å². The zero-order valence-corrected chi connectivity index (χ0v) is 24.9. The highest BCUT2D eigenvalue weighted by Gasteiger charge is 2.59. The minimum absolute atomic E-state index is 0.224. The van der Waals surface area contributed by atoms with Crippen molar-refractivity contribution in [2.75, 3.05) is 0 Å². The summed E-state index contributed by atoms with van der Waals surface area (Å²) in [7, 11) is 0. The van der Waals surface area contributed by atoms with E-state index in [9.17, 15) is 0 Å². The molecule has 36 heavy (non-hydrogen) atoms. The molecule has 4 rings (SSSR count). The van der Waals surface area contributed by atoms with Crippen LogP contribution in [0.3, 0.4) is 0 Å². The molecule has 4 aliphatic rings. The third-order valence-corrected chi connectivity index (χ3v) is 10.8. The summed E-state index contributed by atoms with van der Waals surface area (Å²) in [6, 6.07) is 0. The molecule has 0 aromatic rings. The first-order valence-corrected chi connectivity index (χ1v) is 15.3. The molecule has 200 valence electrons. The standard InChI is InChI=1S/C36H56/c1-10-11-12-14-25(2)15-16-26(3)36(21-13-22-36)33-31-23-27(34(4,5)6)17-19-29(31)30-20-18-28(24-32(30)33)35(7,8)9/h10,17-20,23-26,29-33H,1,11-16,21-22H2,2-9H3. The van der Waals surface area contributed by atoms with Gasteiger partial charge in [-0.1, -0.05) is 117 Å². The molecule has 0 bridgehead atoms. The minimum atomic E-state index is 0.224. The van der Waals surface area contributed by atoms with Crippen molar-refractivity contribution in [3.05, 3.63) is 60.3 Å². The Labute approximate surface area is 224 Å². The van der Waals surface area contributed by atoms with Gasteiger partial charge in [0.1, 0.15) is 0 Å². The highest BCUT2D eigenvalue weighted by Crippen LogP contribution is 2.67. The number of unbranched alkanes of at least 4 members (excludes halogenated alkanes) is 1. The Balaban J connectivity index is 1.65. The third kappa shape index (κ3) is 5.31. The van der Waals surface area contributed by atoms with Crippen LogP contribution in [0.1, 0.15) is 107 Å². The first kappa shape index (κ1) is 27.7. The van der Waals surface area contributed by atoms with Crippen LogP contribution in [0.25, 0.3) is 0 Å². The first-order chi connectivity index (χ1) is 16.9. The maximum Gasteiger partial charge on any atom is -0.00952 e. The van der Waals surface area contributed by atoms with E-state index in [-0.39, 0.29) is 10.8 Å². The Kier molecular flexibility index (Phi) is 8.05. The van der Waals surface area contributed by atoms with E-state index in [1.807, 2.05) is 0 Å². The van der Waals surface area contributed by atoms with E-state index >= 15 is 0 Å². The van der Waals surface area contributed by atoms with Crippen LogP contribution >= 0.6 is 0 Å². The van der Waals surface area contributed by atoms with E-state index < -0.39 is 0 Å². The van der Waals surface area contributed by atoms with Crippen molar-refractivity contribution >= 4 is 0 Å². The SMILES string of the molecule is C=CCCCC(C)CCC(C)C1(C2C3C=C(C(C)(C)C)C=CC3C3C=CC(C(C)(C)C)=CC32)CCC1. The topological polar surface area (TPSA) is 0 Å². The quantitative estimate of drug-likeness (QED) is 0.223. The van der Waals surface area contributed by atoms with Gasteiger partial charge in [-0.25, -0.2) is 0 Å². The number of hydrogen-bond acceptors (Lipinski definition) is 0. The van der Waals surface area contributed by atoms with E-state index in [4.69, 9.17) is 0 Å². The Hall–Kier alpha value is -1.30. The number of allylic oxidation sites excluding steroid dienone is 9. The lowest BCUT2D eigenvalue weighted by atomic mass is 9.49.